The Bertz CT molecular complexity index is 870. The molecule has 3 rings (SSSR count). The van der Waals surface area contributed by atoms with Crippen LogP contribution in [0.15, 0.2) is 48.7 Å². The van der Waals surface area contributed by atoms with Gasteiger partial charge in [0.1, 0.15) is 11.6 Å². The Morgan fingerprint density at radius 3 is 2.67 bits per heavy atom. The number of nitrogens with zero attached hydrogens (tertiary/aromatic N) is 2. The topological polar surface area (TPSA) is 88.6 Å². The van der Waals surface area contributed by atoms with Crippen LogP contribution in [0.5, 0.6) is 5.75 Å². The SMILES string of the molecule is CN(c1ccc(NC(=O)CCOc2ccccc2)cn1)C1CCS(=O)(=O)C1. The lowest BCUT2D eigenvalue weighted by atomic mass is 10.2. The van der Waals surface area contributed by atoms with E-state index in [2.05, 4.69) is 10.3 Å². The minimum absolute atomic E-state index is 0.0573. The van der Waals surface area contributed by atoms with Gasteiger partial charge in [-0.2, -0.15) is 0 Å². The van der Waals surface area contributed by atoms with Crippen LogP contribution >= 0.6 is 0 Å². The number of nitrogens with one attached hydrogen (secondary N) is 1. The summed E-state index contributed by atoms with van der Waals surface area (Å²) in [5.41, 5.74) is 0.593. The van der Waals surface area contributed by atoms with E-state index >= 15 is 0 Å². The molecule has 0 radical (unpaired) electrons. The van der Waals surface area contributed by atoms with Gasteiger partial charge in [-0.15, -0.1) is 0 Å². The third kappa shape index (κ3) is 5.43. The quantitative estimate of drug-likeness (QED) is 0.780. The number of ether oxygens (including phenoxy) is 1. The second-order valence-electron chi connectivity index (χ2n) is 6.53. The first kappa shape index (κ1) is 19.2. The number of aromatic nitrogens is 1. The highest BCUT2D eigenvalue weighted by Crippen LogP contribution is 2.22. The normalized spacial score (nSPS) is 18.0. The van der Waals surface area contributed by atoms with E-state index < -0.39 is 9.84 Å². The van der Waals surface area contributed by atoms with Gasteiger partial charge in [0.25, 0.3) is 0 Å². The first-order valence-corrected chi connectivity index (χ1v) is 10.6. The summed E-state index contributed by atoms with van der Waals surface area (Å²) >= 11 is 0. The summed E-state index contributed by atoms with van der Waals surface area (Å²) in [6.07, 6.45) is 2.42. The number of anilines is 2. The molecule has 1 aliphatic heterocycles. The maximum atomic E-state index is 12.0. The van der Waals surface area contributed by atoms with E-state index in [9.17, 15) is 13.2 Å². The number of pyridine rings is 1. The van der Waals surface area contributed by atoms with Gasteiger partial charge in [-0.05, 0) is 30.7 Å². The van der Waals surface area contributed by atoms with Crippen LogP contribution in [0.3, 0.4) is 0 Å². The van der Waals surface area contributed by atoms with E-state index in [1.165, 1.54) is 0 Å². The summed E-state index contributed by atoms with van der Waals surface area (Å²) in [7, 11) is -1.10. The molecule has 8 heteroatoms. The Kier molecular flexibility index (Phi) is 5.95. The Morgan fingerprint density at radius 1 is 1.26 bits per heavy atom. The van der Waals surface area contributed by atoms with Gasteiger partial charge in [-0.25, -0.2) is 13.4 Å². The van der Waals surface area contributed by atoms with E-state index in [-0.39, 0.29) is 29.9 Å². The fraction of sp³-hybridized carbons (Fsp3) is 0.368. The first-order valence-electron chi connectivity index (χ1n) is 8.80. The van der Waals surface area contributed by atoms with Gasteiger partial charge in [0.05, 0.1) is 36.4 Å². The van der Waals surface area contributed by atoms with Crippen LogP contribution in [0.25, 0.3) is 0 Å². The van der Waals surface area contributed by atoms with Gasteiger partial charge in [0.15, 0.2) is 9.84 Å². The molecule has 0 aliphatic carbocycles. The Labute approximate surface area is 159 Å². The van der Waals surface area contributed by atoms with E-state index in [4.69, 9.17) is 4.74 Å². The number of carbonyl (C=O) groups excluding carboxylic acids is 1. The molecule has 1 N–H and O–H groups in total. The monoisotopic (exact) mass is 389 g/mol. The van der Waals surface area contributed by atoms with E-state index in [1.54, 1.807) is 18.3 Å². The number of para-hydroxylation sites is 1. The smallest absolute Gasteiger partial charge is 0.227 e. The lowest BCUT2D eigenvalue weighted by Gasteiger charge is -2.24. The van der Waals surface area contributed by atoms with Crippen molar-refractivity contribution in [3.8, 4) is 5.75 Å². The number of sulfone groups is 1. The fourth-order valence-electron chi connectivity index (χ4n) is 2.94. The zero-order valence-corrected chi connectivity index (χ0v) is 16.0. The van der Waals surface area contributed by atoms with Gasteiger partial charge in [-0.3, -0.25) is 4.79 Å². The Balaban J connectivity index is 1.47. The van der Waals surface area contributed by atoms with Crippen LogP contribution in [0, 0.1) is 0 Å². The zero-order valence-electron chi connectivity index (χ0n) is 15.2. The Morgan fingerprint density at radius 2 is 2.04 bits per heavy atom. The third-order valence-electron chi connectivity index (χ3n) is 4.49. The van der Waals surface area contributed by atoms with Crippen molar-refractivity contribution >= 4 is 27.2 Å². The Hall–Kier alpha value is -2.61. The molecule has 1 saturated heterocycles. The maximum Gasteiger partial charge on any atom is 0.227 e. The van der Waals surface area contributed by atoms with Crippen molar-refractivity contribution in [2.45, 2.75) is 18.9 Å². The van der Waals surface area contributed by atoms with Gasteiger partial charge in [0, 0.05) is 13.1 Å². The molecule has 0 bridgehead atoms. The van der Waals surface area contributed by atoms with Crippen molar-refractivity contribution in [2.24, 2.45) is 0 Å². The van der Waals surface area contributed by atoms with E-state index in [0.717, 1.165) is 5.75 Å². The predicted octanol–water partition coefficient (Wildman–Crippen LogP) is 2.11. The van der Waals surface area contributed by atoms with E-state index in [1.807, 2.05) is 42.3 Å². The molecule has 7 nitrogen and oxygen atoms in total. The maximum absolute atomic E-state index is 12.0. The number of rotatable bonds is 7. The molecule has 144 valence electrons. The molecule has 2 aromatic rings. The summed E-state index contributed by atoms with van der Waals surface area (Å²) in [6, 6.07) is 12.8. The van der Waals surface area contributed by atoms with Crippen molar-refractivity contribution < 1.29 is 17.9 Å². The van der Waals surface area contributed by atoms with Gasteiger partial charge < -0.3 is 15.0 Å². The lowest BCUT2D eigenvalue weighted by Crippen LogP contribution is -2.33. The molecule has 1 unspecified atom stereocenters. The molecule has 2 heterocycles. The van der Waals surface area contributed by atoms with Crippen LogP contribution in [-0.4, -0.2) is 50.5 Å². The molecule has 0 spiro atoms. The number of hydrogen-bond acceptors (Lipinski definition) is 6. The van der Waals surface area contributed by atoms with Crippen molar-refractivity contribution in [1.82, 2.24) is 4.98 Å². The summed E-state index contributed by atoms with van der Waals surface area (Å²) in [5, 5.41) is 2.78. The number of benzene rings is 1. The number of hydrogen-bond donors (Lipinski definition) is 1. The molecule has 1 aromatic heterocycles. The van der Waals surface area contributed by atoms with Crippen molar-refractivity contribution in [1.29, 1.82) is 0 Å². The second-order valence-corrected chi connectivity index (χ2v) is 8.76. The average molecular weight is 389 g/mol. The number of amides is 1. The van der Waals surface area contributed by atoms with Gasteiger partial charge in [-0.1, -0.05) is 18.2 Å². The molecule has 1 aromatic carbocycles. The zero-order chi connectivity index (χ0) is 19.3. The fourth-order valence-corrected chi connectivity index (χ4v) is 4.71. The van der Waals surface area contributed by atoms with Crippen LogP contribution in [-0.2, 0) is 14.6 Å². The summed E-state index contributed by atoms with van der Waals surface area (Å²) in [5.74, 6) is 1.64. The lowest BCUT2D eigenvalue weighted by molar-refractivity contribution is -0.116. The first-order chi connectivity index (χ1) is 12.9. The van der Waals surface area contributed by atoms with Crippen LogP contribution in [0.1, 0.15) is 12.8 Å². The molecule has 1 aliphatic rings. The predicted molar refractivity (Wildman–Crippen MR) is 105 cm³/mol. The van der Waals surface area contributed by atoms with Crippen LogP contribution in [0.2, 0.25) is 0 Å². The minimum Gasteiger partial charge on any atom is -0.493 e. The van der Waals surface area contributed by atoms with Gasteiger partial charge in [0.2, 0.25) is 5.91 Å². The molecule has 1 fully saturated rings. The minimum atomic E-state index is -2.94. The highest BCUT2D eigenvalue weighted by Gasteiger charge is 2.31. The molecule has 27 heavy (non-hydrogen) atoms. The summed E-state index contributed by atoms with van der Waals surface area (Å²) in [4.78, 5) is 18.2. The standard InChI is InChI=1S/C19H23N3O4S/c1-22(16-10-12-27(24,25)14-16)18-8-7-15(13-20-18)21-19(23)9-11-26-17-5-3-2-4-6-17/h2-8,13,16H,9-12,14H2,1H3,(H,21,23). The van der Waals surface area contributed by atoms with Crippen molar-refractivity contribution in [2.75, 3.05) is 35.4 Å². The molecular formula is C19H23N3O4S. The van der Waals surface area contributed by atoms with Crippen molar-refractivity contribution in [3.05, 3.63) is 48.7 Å². The highest BCUT2D eigenvalue weighted by atomic mass is 32.2. The largest absolute Gasteiger partial charge is 0.493 e. The molecule has 0 saturated carbocycles. The molecule has 1 amide bonds. The molecular weight excluding hydrogens is 366 g/mol. The van der Waals surface area contributed by atoms with Crippen molar-refractivity contribution in [3.63, 3.8) is 0 Å². The molecule has 1 atom stereocenters. The number of carbonyl (C=O) groups is 1. The van der Waals surface area contributed by atoms with Gasteiger partial charge >= 0.3 is 0 Å². The van der Waals surface area contributed by atoms with E-state index in [0.29, 0.717) is 24.5 Å². The highest BCUT2D eigenvalue weighted by molar-refractivity contribution is 7.91. The van der Waals surface area contributed by atoms with Crippen LogP contribution in [0.4, 0.5) is 11.5 Å². The summed E-state index contributed by atoms with van der Waals surface area (Å²) < 4.78 is 28.8. The third-order valence-corrected chi connectivity index (χ3v) is 6.24. The van der Waals surface area contributed by atoms with Crippen LogP contribution < -0.4 is 15.0 Å². The second kappa shape index (κ2) is 8.39. The average Bonchev–Trinajstić information content (AvgIpc) is 3.02. The summed E-state index contributed by atoms with van der Waals surface area (Å²) in [6.45, 7) is 0.292.